The molecular formula is C7H6N2O3. The molecule has 0 saturated heterocycles. The average Bonchev–Trinajstić information content (AvgIpc) is 2.15. The van der Waals surface area contributed by atoms with Crippen LogP contribution in [0.15, 0.2) is 35.6 Å². The minimum absolute atomic E-state index is 0.0772. The number of hydrogen-bond donors (Lipinski definition) is 0. The first-order valence-corrected chi connectivity index (χ1v) is 3.17. The molecule has 0 heterocycles. The fourth-order valence-corrected chi connectivity index (χ4v) is 0.665. The molecule has 62 valence electrons. The Morgan fingerprint density at radius 3 is 2.67 bits per heavy atom. The normalized spacial score (nSPS) is 10.8. The number of rotatable bonds is 3. The van der Waals surface area contributed by atoms with E-state index in [-0.39, 0.29) is 11.3 Å². The van der Waals surface area contributed by atoms with E-state index in [1.54, 1.807) is 30.3 Å². The molecule has 0 fully saturated rings. The smallest absolute Gasteiger partial charge is 0.329 e. The van der Waals surface area contributed by atoms with Gasteiger partial charge in [-0.2, -0.15) is 0 Å². The number of carbonyl (C=O) groups is 1. The zero-order valence-corrected chi connectivity index (χ0v) is 6.08. The highest BCUT2D eigenvalue weighted by Gasteiger charge is 1.99. The molecule has 12 heavy (non-hydrogen) atoms. The molecule has 0 radical (unpaired) electrons. The molecule has 0 aliphatic carbocycles. The Morgan fingerprint density at radius 1 is 1.42 bits per heavy atom. The van der Waals surface area contributed by atoms with Crippen LogP contribution in [0.5, 0.6) is 0 Å². The van der Waals surface area contributed by atoms with Crippen molar-refractivity contribution in [3.8, 4) is 0 Å². The first kappa shape index (κ1) is 8.19. The van der Waals surface area contributed by atoms with Gasteiger partial charge in [-0.05, 0) is 4.86 Å². The maximum atomic E-state index is 10.9. The summed E-state index contributed by atoms with van der Waals surface area (Å²) in [6, 6.07) is 8.21. The van der Waals surface area contributed by atoms with Gasteiger partial charge in [-0.3, -0.25) is 9.63 Å². The molecule has 1 aromatic carbocycles. The second-order valence-corrected chi connectivity index (χ2v) is 1.89. The lowest BCUT2D eigenvalue weighted by Gasteiger charge is -1.94. The molecule has 0 unspecified atom stereocenters. The Kier molecular flexibility index (Phi) is 2.78. The maximum absolute atomic E-state index is 10.9. The maximum Gasteiger partial charge on any atom is 0.329 e. The van der Waals surface area contributed by atoms with E-state index >= 15 is 0 Å². The molecule has 1 aromatic rings. The molecule has 0 bridgehead atoms. The Morgan fingerprint density at radius 2 is 2.08 bits per heavy atom. The van der Waals surface area contributed by atoms with E-state index < -0.39 is 0 Å². The monoisotopic (exact) mass is 166 g/mol. The summed E-state index contributed by atoms with van der Waals surface area (Å²) in [5, 5.41) is 13.8. The number of hydrogen-bond acceptors (Lipinski definition) is 4. The van der Waals surface area contributed by atoms with Crippen LogP contribution >= 0.6 is 0 Å². The van der Waals surface area contributed by atoms with E-state index in [1.165, 1.54) is 0 Å². The quantitative estimate of drug-likeness (QED) is 0.295. The second-order valence-electron chi connectivity index (χ2n) is 1.89. The Hall–Kier alpha value is -1.91. The minimum atomic E-state index is 0.0772. The Balaban J connectivity index is 2.77. The van der Waals surface area contributed by atoms with Crippen LogP contribution in [-0.4, -0.2) is 11.3 Å². The van der Waals surface area contributed by atoms with Gasteiger partial charge < -0.3 is 5.21 Å². The molecule has 1 rings (SSSR count). The van der Waals surface area contributed by atoms with Gasteiger partial charge in [0.15, 0.2) is 0 Å². The van der Waals surface area contributed by atoms with Crippen LogP contribution in [-0.2, 0) is 9.63 Å². The van der Waals surface area contributed by atoms with Crippen LogP contribution in [0.4, 0.5) is 5.69 Å². The van der Waals surface area contributed by atoms with Gasteiger partial charge in [0, 0.05) is 12.1 Å². The molecule has 0 aromatic heterocycles. The zero-order chi connectivity index (χ0) is 8.81. The molecular weight excluding hydrogens is 160 g/mol. The van der Waals surface area contributed by atoms with Gasteiger partial charge in [0.1, 0.15) is 0 Å². The second kappa shape index (κ2) is 4.07. The lowest BCUT2D eigenvalue weighted by molar-refractivity contribution is -0.472. The van der Waals surface area contributed by atoms with Crippen LogP contribution in [0.25, 0.3) is 0 Å². The lowest BCUT2D eigenvalue weighted by Crippen LogP contribution is -1.91. The van der Waals surface area contributed by atoms with E-state index in [4.69, 9.17) is 0 Å². The molecule has 0 spiro atoms. The SMILES string of the molecule is O=CO/N=[N+](\[O-])c1ccccc1. The molecule has 5 nitrogen and oxygen atoms in total. The number of benzene rings is 1. The third-order valence-corrected chi connectivity index (χ3v) is 1.14. The van der Waals surface area contributed by atoms with Crippen molar-refractivity contribution in [1.29, 1.82) is 0 Å². The fourth-order valence-electron chi connectivity index (χ4n) is 0.665. The summed E-state index contributed by atoms with van der Waals surface area (Å²) >= 11 is 0. The van der Waals surface area contributed by atoms with Crippen molar-refractivity contribution in [1.82, 2.24) is 0 Å². The van der Waals surface area contributed by atoms with E-state index in [9.17, 15) is 10.0 Å². The minimum Gasteiger partial charge on any atom is -0.592 e. The predicted octanol–water partition coefficient (Wildman–Crippen LogP) is 1.37. The van der Waals surface area contributed by atoms with Gasteiger partial charge in [0.25, 0.3) is 0 Å². The highest BCUT2D eigenvalue weighted by atomic mass is 16.7. The van der Waals surface area contributed by atoms with E-state index in [0.717, 1.165) is 0 Å². The third kappa shape index (κ3) is 2.05. The molecule has 0 saturated carbocycles. The standard InChI is InChI=1S/C7H6N2O3/c10-6-12-8-9(11)7-4-2-1-3-5-7/h1-6H/b9-8-. The van der Waals surface area contributed by atoms with Crippen LogP contribution in [0.3, 0.4) is 0 Å². The molecule has 0 N–H and O–H groups in total. The van der Waals surface area contributed by atoms with Gasteiger partial charge in [-0.25, -0.2) is 0 Å². The summed E-state index contributed by atoms with van der Waals surface area (Å²) < 4.78 is 0. The lowest BCUT2D eigenvalue weighted by atomic mass is 10.3. The first-order valence-electron chi connectivity index (χ1n) is 3.17. The van der Waals surface area contributed by atoms with Crippen molar-refractivity contribution in [2.75, 3.05) is 0 Å². The largest absolute Gasteiger partial charge is 0.592 e. The molecule has 5 heteroatoms. The van der Waals surface area contributed by atoms with Gasteiger partial charge in [0.2, 0.25) is 11.0 Å². The topological polar surface area (TPSA) is 64.7 Å². The predicted molar refractivity (Wildman–Crippen MR) is 39.3 cm³/mol. The Bertz CT molecular complexity index is 284. The first-order chi connectivity index (χ1) is 5.84. The number of carbonyl (C=O) groups excluding carboxylic acids is 1. The third-order valence-electron chi connectivity index (χ3n) is 1.14. The highest BCUT2D eigenvalue weighted by molar-refractivity contribution is 5.36. The van der Waals surface area contributed by atoms with Gasteiger partial charge in [0.05, 0.1) is 0 Å². The summed E-state index contributed by atoms with van der Waals surface area (Å²) in [5.41, 5.74) is 0.305. The van der Waals surface area contributed by atoms with Gasteiger partial charge in [-0.15, -0.1) is 0 Å². The Labute approximate surface area is 68.4 Å². The summed E-state index contributed by atoms with van der Waals surface area (Å²) in [6.07, 6.45) is 0. The highest BCUT2D eigenvalue weighted by Crippen LogP contribution is 2.08. The molecule has 0 aliphatic rings. The van der Waals surface area contributed by atoms with Crippen LogP contribution < -0.4 is 0 Å². The number of para-hydroxylation sites is 1. The van der Waals surface area contributed by atoms with E-state index in [1.807, 2.05) is 0 Å². The summed E-state index contributed by atoms with van der Waals surface area (Å²) in [4.78, 5) is 13.8. The molecule has 0 amide bonds. The van der Waals surface area contributed by atoms with Crippen LogP contribution in [0.2, 0.25) is 0 Å². The summed E-state index contributed by atoms with van der Waals surface area (Å²) in [5.74, 6) is 0. The van der Waals surface area contributed by atoms with Crippen molar-refractivity contribution in [2.24, 2.45) is 5.28 Å². The molecule has 0 aliphatic heterocycles. The van der Waals surface area contributed by atoms with Crippen molar-refractivity contribution in [2.45, 2.75) is 0 Å². The zero-order valence-electron chi connectivity index (χ0n) is 6.08. The molecule has 0 atom stereocenters. The number of nitrogens with zero attached hydrogens (tertiary/aromatic N) is 2. The van der Waals surface area contributed by atoms with E-state index in [0.29, 0.717) is 5.69 Å². The summed E-state index contributed by atoms with van der Waals surface area (Å²) in [7, 11) is 0. The fraction of sp³-hybridized carbons (Fsp3) is 0. The van der Waals surface area contributed by atoms with Crippen LogP contribution in [0, 0.1) is 5.21 Å². The van der Waals surface area contributed by atoms with Crippen molar-refractivity contribution in [3.63, 3.8) is 0 Å². The van der Waals surface area contributed by atoms with Crippen molar-refractivity contribution >= 4 is 12.2 Å². The van der Waals surface area contributed by atoms with Crippen molar-refractivity contribution < 1.29 is 14.5 Å². The van der Waals surface area contributed by atoms with E-state index in [2.05, 4.69) is 10.1 Å². The average molecular weight is 166 g/mol. The van der Waals surface area contributed by atoms with Gasteiger partial charge >= 0.3 is 6.47 Å². The summed E-state index contributed by atoms with van der Waals surface area (Å²) in [6.45, 7) is 0.0772. The van der Waals surface area contributed by atoms with Crippen LogP contribution in [0.1, 0.15) is 0 Å². The van der Waals surface area contributed by atoms with Gasteiger partial charge in [-0.1, -0.05) is 18.2 Å². The van der Waals surface area contributed by atoms with Crippen molar-refractivity contribution in [3.05, 3.63) is 35.5 Å².